The average Bonchev–Trinajstić information content (AvgIpc) is 3.23. The van der Waals surface area contributed by atoms with Crippen LogP contribution in [0, 0.1) is 39.0 Å². The standard InChI is InChI=1S/C55H43N3O2/c1-26(2)34-10-9-11-35(27(3)4)53(34)58-54(59)41-22-29(6)46-39-20-18-37-44-28(5)12-17-36-43(57-33-15-13-32(25-56)14-16-33)24-31(8)45(51(36)44)38-19-21-40(49(39)48(37)38)47-30(7)23-42(55(58)60)50(41)52(46)47/h9-24,26-27,57H,1-8H3. The van der Waals surface area contributed by atoms with Crippen molar-refractivity contribution in [2.45, 2.75) is 67.2 Å². The number of para-hydroxylation sites is 1. The van der Waals surface area contributed by atoms with Gasteiger partial charge in [0.05, 0.1) is 17.3 Å². The third kappa shape index (κ3) is 4.62. The van der Waals surface area contributed by atoms with Gasteiger partial charge in [0.15, 0.2) is 0 Å². The summed E-state index contributed by atoms with van der Waals surface area (Å²) in [7, 11) is 0. The van der Waals surface area contributed by atoms with Crippen LogP contribution in [-0.2, 0) is 0 Å². The van der Waals surface area contributed by atoms with E-state index in [1.54, 1.807) is 0 Å². The molecule has 2 amide bonds. The first kappa shape index (κ1) is 36.1. The van der Waals surface area contributed by atoms with Crippen LogP contribution in [0.4, 0.5) is 17.1 Å². The first-order valence-electron chi connectivity index (χ1n) is 21.0. The molecule has 10 aromatic rings. The van der Waals surface area contributed by atoms with Crippen molar-refractivity contribution in [3.8, 4) is 6.07 Å². The predicted octanol–water partition coefficient (Wildman–Crippen LogP) is 14.5. The molecule has 0 atom stereocenters. The normalized spacial score (nSPS) is 13.3. The summed E-state index contributed by atoms with van der Waals surface area (Å²) in [6.07, 6.45) is 0. The van der Waals surface area contributed by atoms with E-state index in [2.05, 4.69) is 121 Å². The number of hydrogen-bond acceptors (Lipinski definition) is 4. The lowest BCUT2D eigenvalue weighted by Crippen LogP contribution is -2.42. The highest BCUT2D eigenvalue weighted by Crippen LogP contribution is 2.52. The Labute approximate surface area is 348 Å². The summed E-state index contributed by atoms with van der Waals surface area (Å²) in [6.45, 7) is 17.2. The molecule has 1 heterocycles. The van der Waals surface area contributed by atoms with E-state index in [1.165, 1.54) is 53.7 Å². The molecule has 0 aromatic heterocycles. The van der Waals surface area contributed by atoms with Crippen LogP contribution >= 0.6 is 0 Å². The number of benzene rings is 10. The van der Waals surface area contributed by atoms with E-state index in [0.29, 0.717) is 16.7 Å². The van der Waals surface area contributed by atoms with E-state index in [0.717, 1.165) is 77.0 Å². The van der Waals surface area contributed by atoms with Crippen molar-refractivity contribution < 1.29 is 9.59 Å². The number of rotatable bonds is 5. The van der Waals surface area contributed by atoms with Crippen LogP contribution in [0.3, 0.4) is 0 Å². The molecule has 0 saturated heterocycles. The van der Waals surface area contributed by atoms with Gasteiger partial charge in [0.2, 0.25) is 0 Å². The van der Waals surface area contributed by atoms with Gasteiger partial charge in [0, 0.05) is 33.3 Å². The Morgan fingerprint density at radius 2 is 0.967 bits per heavy atom. The minimum atomic E-state index is -0.258. The van der Waals surface area contributed by atoms with Crippen molar-refractivity contribution in [2.75, 3.05) is 10.2 Å². The van der Waals surface area contributed by atoms with Crippen LogP contribution in [0.25, 0.3) is 75.4 Å². The van der Waals surface area contributed by atoms with Gasteiger partial charge in [-0.15, -0.1) is 0 Å². The van der Waals surface area contributed by atoms with Crippen LogP contribution < -0.4 is 10.2 Å². The number of imide groups is 1. The largest absolute Gasteiger partial charge is 0.355 e. The zero-order valence-corrected chi connectivity index (χ0v) is 35.1. The number of fused-ring (bicyclic) bond motifs is 4. The van der Waals surface area contributed by atoms with Crippen molar-refractivity contribution >= 4 is 104 Å². The van der Waals surface area contributed by atoms with Crippen molar-refractivity contribution in [2.24, 2.45) is 0 Å². The molecule has 10 aromatic carbocycles. The maximum Gasteiger partial charge on any atom is 0.266 e. The molecule has 0 spiro atoms. The maximum absolute atomic E-state index is 15.0. The Morgan fingerprint density at radius 3 is 1.47 bits per heavy atom. The SMILES string of the molecule is Cc1ccc2c(Nc3ccc(C#N)cc3)cc(C)c3c4ccc5c6c(C)cc7c8c(cc(C)c(c9ccc(c1c23)c4c95)c86)C(=O)N(c1c(C(C)C)cccc1C(C)C)C7=O. The lowest BCUT2D eigenvalue weighted by Gasteiger charge is -2.33. The summed E-state index contributed by atoms with van der Waals surface area (Å²) in [4.78, 5) is 31.5. The molecule has 0 aliphatic carbocycles. The van der Waals surface area contributed by atoms with Gasteiger partial charge < -0.3 is 5.32 Å². The van der Waals surface area contributed by atoms with Gasteiger partial charge in [-0.05, 0) is 180 Å². The second-order valence-electron chi connectivity index (χ2n) is 17.7. The summed E-state index contributed by atoms with van der Waals surface area (Å²) in [6, 6.07) is 35.9. The van der Waals surface area contributed by atoms with E-state index in [1.807, 2.05) is 42.5 Å². The van der Waals surface area contributed by atoms with Crippen LogP contribution in [-0.4, -0.2) is 11.8 Å². The molecule has 1 N–H and O–H groups in total. The Morgan fingerprint density at radius 1 is 0.500 bits per heavy atom. The molecule has 5 heteroatoms. The van der Waals surface area contributed by atoms with Gasteiger partial charge >= 0.3 is 0 Å². The Balaban J connectivity index is 1.22. The highest BCUT2D eigenvalue weighted by atomic mass is 16.2. The molecule has 0 unspecified atom stereocenters. The number of hydrogen-bond donors (Lipinski definition) is 1. The van der Waals surface area contributed by atoms with Crippen molar-refractivity contribution in [1.29, 1.82) is 5.26 Å². The number of nitrogens with zero attached hydrogens (tertiary/aromatic N) is 2. The zero-order chi connectivity index (χ0) is 41.6. The van der Waals surface area contributed by atoms with E-state index in [4.69, 9.17) is 0 Å². The first-order valence-corrected chi connectivity index (χ1v) is 21.0. The second-order valence-corrected chi connectivity index (χ2v) is 17.7. The van der Waals surface area contributed by atoms with Crippen molar-refractivity contribution in [3.63, 3.8) is 0 Å². The van der Waals surface area contributed by atoms with Crippen molar-refractivity contribution in [3.05, 3.63) is 147 Å². The highest BCUT2D eigenvalue weighted by molar-refractivity contribution is 6.47. The summed E-state index contributed by atoms with van der Waals surface area (Å²) in [5, 5.41) is 29.1. The lowest BCUT2D eigenvalue weighted by atomic mass is 9.78. The quantitative estimate of drug-likeness (QED) is 0.107. The van der Waals surface area contributed by atoms with E-state index in [-0.39, 0.29) is 23.7 Å². The number of carbonyl (C=O) groups excluding carboxylic acids is 2. The minimum Gasteiger partial charge on any atom is -0.355 e. The third-order valence-corrected chi connectivity index (χ3v) is 13.5. The molecule has 0 saturated carbocycles. The molecule has 290 valence electrons. The summed E-state index contributed by atoms with van der Waals surface area (Å²) in [5.41, 5.74) is 10.9. The summed E-state index contributed by atoms with van der Waals surface area (Å²) >= 11 is 0. The van der Waals surface area contributed by atoms with Gasteiger partial charge in [-0.3, -0.25) is 9.59 Å². The molecular weight excluding hydrogens is 735 g/mol. The van der Waals surface area contributed by atoms with Gasteiger partial charge in [-0.1, -0.05) is 82.3 Å². The number of nitrogens with one attached hydrogen (secondary N) is 1. The molecular formula is C55H43N3O2. The third-order valence-electron chi connectivity index (χ3n) is 13.5. The maximum atomic E-state index is 15.0. The second kappa shape index (κ2) is 12.5. The molecule has 1 aliphatic heterocycles. The average molecular weight is 778 g/mol. The van der Waals surface area contributed by atoms with Gasteiger partial charge in [0.1, 0.15) is 0 Å². The monoisotopic (exact) mass is 777 g/mol. The summed E-state index contributed by atoms with van der Waals surface area (Å²) < 4.78 is 0. The van der Waals surface area contributed by atoms with E-state index >= 15 is 9.59 Å². The van der Waals surface area contributed by atoms with Gasteiger partial charge in [-0.2, -0.15) is 5.26 Å². The fourth-order valence-electron chi connectivity index (χ4n) is 10.9. The molecule has 0 bridgehead atoms. The molecule has 60 heavy (non-hydrogen) atoms. The van der Waals surface area contributed by atoms with Crippen molar-refractivity contribution in [1.82, 2.24) is 0 Å². The number of aryl methyl sites for hydroxylation is 4. The van der Waals surface area contributed by atoms with Gasteiger partial charge in [-0.25, -0.2) is 4.90 Å². The smallest absolute Gasteiger partial charge is 0.266 e. The summed E-state index contributed by atoms with van der Waals surface area (Å²) in [5.74, 6) is -0.270. The van der Waals surface area contributed by atoms with Crippen LogP contribution in [0.5, 0.6) is 0 Å². The molecule has 1 aliphatic rings. The molecule has 11 rings (SSSR count). The number of anilines is 3. The van der Waals surface area contributed by atoms with Crippen LogP contribution in [0.1, 0.15) is 99.2 Å². The van der Waals surface area contributed by atoms with E-state index in [9.17, 15) is 5.26 Å². The topological polar surface area (TPSA) is 73.2 Å². The molecule has 5 nitrogen and oxygen atoms in total. The minimum absolute atomic E-state index is 0.122. The zero-order valence-electron chi connectivity index (χ0n) is 35.1. The number of nitriles is 1. The Kier molecular flexibility index (Phi) is 7.51. The number of amides is 2. The number of carbonyl (C=O) groups is 2. The fourth-order valence-corrected chi connectivity index (χ4v) is 10.9. The fraction of sp³-hybridized carbons (Fsp3) is 0.182. The van der Waals surface area contributed by atoms with Crippen LogP contribution in [0.15, 0.2) is 97.1 Å². The first-order chi connectivity index (χ1) is 28.9. The lowest BCUT2D eigenvalue weighted by molar-refractivity contribution is 0.0892. The molecule has 0 radical (unpaired) electrons. The molecule has 0 fully saturated rings. The Hall–Kier alpha value is -7.03. The Bertz CT molecular complexity index is 3450. The highest BCUT2D eigenvalue weighted by Gasteiger charge is 2.39. The van der Waals surface area contributed by atoms with Crippen LogP contribution in [0.2, 0.25) is 0 Å². The van der Waals surface area contributed by atoms with Gasteiger partial charge in [0.25, 0.3) is 11.8 Å². The predicted molar refractivity (Wildman–Crippen MR) is 251 cm³/mol. The van der Waals surface area contributed by atoms with E-state index < -0.39 is 0 Å².